The van der Waals surface area contributed by atoms with Crippen LogP contribution >= 0.6 is 0 Å². The first-order chi connectivity index (χ1) is 9.63. The Morgan fingerprint density at radius 3 is 2.40 bits per heavy atom. The number of nitrogens with one attached hydrogen (secondary N) is 1. The number of hydrogen-bond donors (Lipinski definition) is 1. The fourth-order valence-corrected chi connectivity index (χ4v) is 1.74. The van der Waals surface area contributed by atoms with Crippen molar-refractivity contribution < 1.29 is 14.3 Å². The molecule has 0 aromatic rings. The molecule has 0 aliphatic rings. The largest absolute Gasteiger partial charge is 0.462 e. The monoisotopic (exact) mass is 283 g/mol. The Morgan fingerprint density at radius 1 is 1.10 bits per heavy atom. The van der Waals surface area contributed by atoms with Crippen LogP contribution < -0.4 is 5.32 Å². The molecule has 0 spiro atoms. The van der Waals surface area contributed by atoms with Crippen molar-refractivity contribution in [2.45, 2.75) is 59.3 Å². The Balaban J connectivity index is 3.87. The first-order valence-electron chi connectivity index (χ1n) is 7.76. The summed E-state index contributed by atoms with van der Waals surface area (Å²) >= 11 is 0. The van der Waals surface area contributed by atoms with E-state index >= 15 is 0 Å². The Kier molecular flexibility index (Phi) is 11.9. The Labute approximate surface area is 123 Å². The van der Waals surface area contributed by atoms with Crippen molar-refractivity contribution in [3.8, 4) is 0 Å². The van der Waals surface area contributed by atoms with Crippen LogP contribution in [0.2, 0.25) is 0 Å². The van der Waals surface area contributed by atoms with Crippen molar-refractivity contribution in [3.63, 3.8) is 0 Å². The topological polar surface area (TPSA) is 55.4 Å². The second-order valence-corrected chi connectivity index (χ2v) is 5.02. The number of ether oxygens (including phenoxy) is 1. The number of carbonyl (C=O) groups is 2. The van der Waals surface area contributed by atoms with Crippen molar-refractivity contribution in [3.05, 3.63) is 12.2 Å². The van der Waals surface area contributed by atoms with Crippen molar-refractivity contribution in [1.82, 2.24) is 5.32 Å². The van der Waals surface area contributed by atoms with Gasteiger partial charge in [0.25, 0.3) is 0 Å². The molecule has 1 N–H and O–H groups in total. The SMILES string of the molecule is CCCCNC(=O)/C=C\C(=O)OCC(CC)CCCC. The van der Waals surface area contributed by atoms with Gasteiger partial charge in [-0.15, -0.1) is 0 Å². The van der Waals surface area contributed by atoms with Gasteiger partial charge >= 0.3 is 5.97 Å². The maximum Gasteiger partial charge on any atom is 0.330 e. The summed E-state index contributed by atoms with van der Waals surface area (Å²) < 4.78 is 5.16. The third kappa shape index (κ3) is 10.6. The zero-order chi connectivity index (χ0) is 15.2. The lowest BCUT2D eigenvalue weighted by Gasteiger charge is -2.13. The van der Waals surface area contributed by atoms with Gasteiger partial charge in [-0.25, -0.2) is 4.79 Å². The summed E-state index contributed by atoms with van der Waals surface area (Å²) in [6.07, 6.45) is 8.82. The van der Waals surface area contributed by atoms with Crippen LogP contribution in [0.1, 0.15) is 59.3 Å². The molecule has 0 heterocycles. The molecule has 1 amide bonds. The zero-order valence-electron chi connectivity index (χ0n) is 13.1. The normalized spacial score (nSPS) is 12.3. The molecule has 0 aliphatic carbocycles. The maximum absolute atomic E-state index is 11.5. The van der Waals surface area contributed by atoms with Crippen LogP contribution in [0.15, 0.2) is 12.2 Å². The average Bonchev–Trinajstić information content (AvgIpc) is 2.45. The Hall–Kier alpha value is -1.32. The molecule has 20 heavy (non-hydrogen) atoms. The van der Waals surface area contributed by atoms with Crippen LogP contribution in [-0.2, 0) is 14.3 Å². The second-order valence-electron chi connectivity index (χ2n) is 5.02. The minimum atomic E-state index is -0.439. The standard InChI is InChI=1S/C16H29NO3/c1-4-7-9-14(6-3)13-20-16(19)11-10-15(18)17-12-8-5-2/h10-11,14H,4-9,12-13H2,1-3H3,(H,17,18)/b11-10-. The molecule has 116 valence electrons. The summed E-state index contributed by atoms with van der Waals surface area (Å²) in [6.45, 7) is 7.40. The molecule has 0 fully saturated rings. The molecule has 0 saturated carbocycles. The van der Waals surface area contributed by atoms with Gasteiger partial charge in [-0.2, -0.15) is 0 Å². The smallest absolute Gasteiger partial charge is 0.330 e. The van der Waals surface area contributed by atoms with Gasteiger partial charge in [0.2, 0.25) is 5.91 Å². The zero-order valence-corrected chi connectivity index (χ0v) is 13.1. The maximum atomic E-state index is 11.5. The molecule has 0 aliphatic heterocycles. The summed E-state index contributed by atoms with van der Waals surface area (Å²) in [5.74, 6) is -0.260. The van der Waals surface area contributed by atoms with Crippen LogP contribution in [-0.4, -0.2) is 25.0 Å². The fraction of sp³-hybridized carbons (Fsp3) is 0.750. The number of unbranched alkanes of at least 4 members (excludes halogenated alkanes) is 2. The molecule has 0 bridgehead atoms. The lowest BCUT2D eigenvalue weighted by Crippen LogP contribution is -2.22. The van der Waals surface area contributed by atoms with Gasteiger partial charge in [0.15, 0.2) is 0 Å². The van der Waals surface area contributed by atoms with Crippen molar-refractivity contribution in [2.75, 3.05) is 13.2 Å². The van der Waals surface area contributed by atoms with E-state index in [2.05, 4.69) is 26.1 Å². The molecule has 1 unspecified atom stereocenters. The molecular weight excluding hydrogens is 254 g/mol. The first kappa shape index (κ1) is 18.7. The van der Waals surface area contributed by atoms with E-state index in [1.54, 1.807) is 0 Å². The van der Waals surface area contributed by atoms with E-state index in [0.29, 0.717) is 19.1 Å². The highest BCUT2D eigenvalue weighted by molar-refractivity contribution is 5.94. The molecule has 0 aromatic carbocycles. The van der Waals surface area contributed by atoms with E-state index in [9.17, 15) is 9.59 Å². The third-order valence-corrected chi connectivity index (χ3v) is 3.20. The first-order valence-corrected chi connectivity index (χ1v) is 7.76. The molecule has 0 rings (SSSR count). The molecule has 0 saturated heterocycles. The number of esters is 1. The van der Waals surface area contributed by atoms with Gasteiger partial charge in [-0.05, 0) is 18.8 Å². The molecule has 4 heteroatoms. The van der Waals surface area contributed by atoms with E-state index in [-0.39, 0.29) is 5.91 Å². The Morgan fingerprint density at radius 2 is 1.80 bits per heavy atom. The van der Waals surface area contributed by atoms with Crippen LogP contribution in [0, 0.1) is 5.92 Å². The highest BCUT2D eigenvalue weighted by Crippen LogP contribution is 2.12. The lowest BCUT2D eigenvalue weighted by atomic mass is 10.0. The van der Waals surface area contributed by atoms with Crippen LogP contribution in [0.4, 0.5) is 0 Å². The minimum Gasteiger partial charge on any atom is -0.462 e. The van der Waals surface area contributed by atoms with Crippen LogP contribution in [0.3, 0.4) is 0 Å². The molecule has 0 aromatic heterocycles. The summed E-state index contributed by atoms with van der Waals surface area (Å²) in [5, 5.41) is 2.71. The average molecular weight is 283 g/mol. The number of hydrogen-bond acceptors (Lipinski definition) is 3. The van der Waals surface area contributed by atoms with Gasteiger partial charge in [0, 0.05) is 18.7 Å². The van der Waals surface area contributed by atoms with Crippen molar-refractivity contribution in [1.29, 1.82) is 0 Å². The summed E-state index contributed by atoms with van der Waals surface area (Å²) in [6, 6.07) is 0. The van der Waals surface area contributed by atoms with Gasteiger partial charge < -0.3 is 10.1 Å². The van der Waals surface area contributed by atoms with E-state index < -0.39 is 5.97 Å². The Bertz CT molecular complexity index is 300. The van der Waals surface area contributed by atoms with E-state index in [4.69, 9.17) is 4.74 Å². The van der Waals surface area contributed by atoms with Crippen LogP contribution in [0.5, 0.6) is 0 Å². The van der Waals surface area contributed by atoms with E-state index in [0.717, 1.165) is 38.5 Å². The number of carbonyl (C=O) groups excluding carboxylic acids is 2. The van der Waals surface area contributed by atoms with E-state index in [1.807, 2.05) is 0 Å². The van der Waals surface area contributed by atoms with Gasteiger partial charge in [-0.3, -0.25) is 4.79 Å². The van der Waals surface area contributed by atoms with Gasteiger partial charge in [0.1, 0.15) is 0 Å². The lowest BCUT2D eigenvalue weighted by molar-refractivity contribution is -0.139. The predicted octanol–water partition coefficient (Wildman–Crippen LogP) is 3.22. The summed E-state index contributed by atoms with van der Waals surface area (Å²) in [7, 11) is 0. The summed E-state index contributed by atoms with van der Waals surface area (Å²) in [4.78, 5) is 22.8. The quantitative estimate of drug-likeness (QED) is 0.360. The minimum absolute atomic E-state index is 0.242. The van der Waals surface area contributed by atoms with Crippen LogP contribution in [0.25, 0.3) is 0 Å². The summed E-state index contributed by atoms with van der Waals surface area (Å²) in [5.41, 5.74) is 0. The van der Waals surface area contributed by atoms with Crippen molar-refractivity contribution >= 4 is 11.9 Å². The predicted molar refractivity (Wildman–Crippen MR) is 81.3 cm³/mol. The highest BCUT2D eigenvalue weighted by atomic mass is 16.5. The highest BCUT2D eigenvalue weighted by Gasteiger charge is 2.08. The van der Waals surface area contributed by atoms with Gasteiger partial charge in [-0.1, -0.05) is 46.5 Å². The molecule has 0 radical (unpaired) electrons. The molecule has 1 atom stereocenters. The molecule has 4 nitrogen and oxygen atoms in total. The third-order valence-electron chi connectivity index (χ3n) is 3.20. The molecular formula is C16H29NO3. The number of amides is 1. The van der Waals surface area contributed by atoms with Gasteiger partial charge in [0.05, 0.1) is 6.61 Å². The second kappa shape index (κ2) is 12.7. The van der Waals surface area contributed by atoms with Crippen molar-refractivity contribution in [2.24, 2.45) is 5.92 Å². The fourth-order valence-electron chi connectivity index (χ4n) is 1.74. The number of rotatable bonds is 11. The van der Waals surface area contributed by atoms with E-state index in [1.165, 1.54) is 12.2 Å².